The topological polar surface area (TPSA) is 75.1 Å². The number of halogens is 1. The molecule has 0 aliphatic carbocycles. The van der Waals surface area contributed by atoms with Crippen LogP contribution < -0.4 is 10.1 Å². The average molecular weight is 432 g/mol. The minimum Gasteiger partial charge on any atom is -0.494 e. The van der Waals surface area contributed by atoms with E-state index < -0.39 is 0 Å². The maximum atomic E-state index is 12.1. The molecule has 1 aromatic carbocycles. The van der Waals surface area contributed by atoms with Gasteiger partial charge in [0.15, 0.2) is 11.5 Å². The van der Waals surface area contributed by atoms with Crippen LogP contribution in [0.5, 0.6) is 5.75 Å². The van der Waals surface area contributed by atoms with Gasteiger partial charge in [-0.05, 0) is 32.0 Å². The Hall–Kier alpha value is -2.66. The number of anilines is 2. The highest BCUT2D eigenvalue weighted by Gasteiger charge is 2.15. The molecular formula is C24H34ClN3O2. The van der Waals surface area contributed by atoms with Gasteiger partial charge in [-0.1, -0.05) is 57.4 Å². The van der Waals surface area contributed by atoms with Crippen molar-refractivity contribution in [3.8, 4) is 5.75 Å². The fourth-order valence-corrected chi connectivity index (χ4v) is 2.40. The predicted octanol–water partition coefficient (Wildman–Crippen LogP) is 7.47. The van der Waals surface area contributed by atoms with Gasteiger partial charge in [0.1, 0.15) is 5.15 Å². The van der Waals surface area contributed by atoms with E-state index in [1.54, 1.807) is 33.1 Å². The molecule has 164 valence electrons. The van der Waals surface area contributed by atoms with E-state index in [0.29, 0.717) is 45.5 Å². The number of benzene rings is 1. The Morgan fingerprint density at radius 2 is 1.83 bits per heavy atom. The minimum absolute atomic E-state index is 0.0324. The number of unbranched alkanes of at least 4 members (excludes halogenated alkanes) is 1. The molecule has 0 saturated carbocycles. The molecule has 2 aromatic rings. The highest BCUT2D eigenvalue weighted by atomic mass is 35.5. The smallest absolute Gasteiger partial charge is 0.166 e. The number of aromatic nitrogens is 1. The van der Waals surface area contributed by atoms with Crippen molar-refractivity contribution in [2.75, 3.05) is 12.4 Å². The van der Waals surface area contributed by atoms with Crippen molar-refractivity contribution in [3.05, 3.63) is 59.4 Å². The third-order valence-corrected chi connectivity index (χ3v) is 4.09. The molecule has 0 spiro atoms. The van der Waals surface area contributed by atoms with Crippen LogP contribution in [0, 0.1) is 5.41 Å². The number of hydrogen-bond donors (Lipinski definition) is 2. The molecule has 0 unspecified atom stereocenters. The Labute approximate surface area is 186 Å². The second-order valence-electron chi connectivity index (χ2n) is 6.37. The molecule has 0 aliphatic rings. The van der Waals surface area contributed by atoms with E-state index >= 15 is 0 Å². The number of para-hydroxylation sites is 1. The van der Waals surface area contributed by atoms with E-state index in [-0.39, 0.29) is 5.78 Å². The number of rotatable bonds is 7. The van der Waals surface area contributed by atoms with Crippen molar-refractivity contribution in [2.45, 2.75) is 53.9 Å². The molecule has 0 fully saturated rings. The van der Waals surface area contributed by atoms with Crippen LogP contribution >= 0.6 is 11.6 Å². The number of hydrogen-bond acceptors (Lipinski definition) is 5. The fourth-order valence-electron chi connectivity index (χ4n) is 2.24. The average Bonchev–Trinajstić information content (AvgIpc) is 2.73. The van der Waals surface area contributed by atoms with Crippen molar-refractivity contribution >= 4 is 34.5 Å². The van der Waals surface area contributed by atoms with Gasteiger partial charge in [0.2, 0.25) is 0 Å². The van der Waals surface area contributed by atoms with Gasteiger partial charge in [-0.25, -0.2) is 4.98 Å². The number of pyridine rings is 1. The monoisotopic (exact) mass is 431 g/mol. The lowest BCUT2D eigenvalue weighted by atomic mass is 10.1. The molecule has 2 N–H and O–H groups in total. The lowest BCUT2D eigenvalue weighted by Gasteiger charge is -2.16. The predicted molar refractivity (Wildman–Crippen MR) is 129 cm³/mol. The SMILES string of the molecule is C=CC.CCC(=O)c1cnc(Cl)cc1Nc1cccc(C(C)=N)c1OC.CCCC. The Kier molecular flexibility index (Phi) is 13.9. The Balaban J connectivity index is 0.00000105. The summed E-state index contributed by atoms with van der Waals surface area (Å²) in [4.78, 5) is 16.1. The summed E-state index contributed by atoms with van der Waals surface area (Å²) in [6.45, 7) is 13.1. The second-order valence-corrected chi connectivity index (χ2v) is 6.76. The van der Waals surface area contributed by atoms with Gasteiger partial charge in [-0.2, -0.15) is 0 Å². The first-order valence-electron chi connectivity index (χ1n) is 10.1. The van der Waals surface area contributed by atoms with Gasteiger partial charge >= 0.3 is 0 Å². The number of Topliss-reactive ketones (excluding diaryl/α,β-unsaturated/α-hetero) is 1. The van der Waals surface area contributed by atoms with Crippen molar-refractivity contribution in [1.29, 1.82) is 5.41 Å². The lowest BCUT2D eigenvalue weighted by Crippen LogP contribution is -2.06. The number of ketones is 1. The summed E-state index contributed by atoms with van der Waals surface area (Å²) >= 11 is 5.96. The van der Waals surface area contributed by atoms with Crippen LogP contribution in [0.3, 0.4) is 0 Å². The molecule has 1 aromatic heterocycles. The normalized spacial score (nSPS) is 9.30. The second kappa shape index (κ2) is 15.2. The van der Waals surface area contributed by atoms with Gasteiger partial charge in [-0.3, -0.25) is 4.79 Å². The van der Waals surface area contributed by atoms with E-state index in [4.69, 9.17) is 21.7 Å². The maximum Gasteiger partial charge on any atom is 0.166 e. The highest BCUT2D eigenvalue weighted by molar-refractivity contribution is 6.29. The van der Waals surface area contributed by atoms with Crippen LogP contribution in [0.2, 0.25) is 5.15 Å². The standard InChI is InChI=1S/C17H18ClN3O2.C4H10.C3H6/c1-4-15(22)12-9-20-16(18)8-14(12)21-13-7-5-6-11(10(2)19)17(13)23-3;1-3-4-2;1-3-2/h5-9,19H,4H2,1-3H3,(H,20,21);3-4H2,1-2H3;3H,1H2,2H3. The molecule has 0 aliphatic heterocycles. The van der Waals surface area contributed by atoms with Crippen molar-refractivity contribution < 1.29 is 9.53 Å². The summed E-state index contributed by atoms with van der Waals surface area (Å²) in [7, 11) is 1.55. The lowest BCUT2D eigenvalue weighted by molar-refractivity contribution is 0.0988. The van der Waals surface area contributed by atoms with Gasteiger partial charge in [0, 0.05) is 23.9 Å². The van der Waals surface area contributed by atoms with E-state index in [2.05, 4.69) is 30.7 Å². The Bertz CT molecular complexity index is 833. The Morgan fingerprint density at radius 3 is 2.30 bits per heavy atom. The first-order chi connectivity index (χ1) is 14.3. The van der Waals surface area contributed by atoms with Crippen LogP contribution in [-0.4, -0.2) is 23.6 Å². The van der Waals surface area contributed by atoms with Gasteiger partial charge < -0.3 is 15.5 Å². The highest BCUT2D eigenvalue weighted by Crippen LogP contribution is 2.33. The third kappa shape index (κ3) is 8.78. The first-order valence-corrected chi connectivity index (χ1v) is 10.4. The number of carbonyl (C=O) groups excluding carboxylic acids is 1. The molecule has 0 atom stereocenters. The number of carbonyl (C=O) groups is 1. The first kappa shape index (κ1) is 27.3. The number of nitrogens with one attached hydrogen (secondary N) is 2. The third-order valence-electron chi connectivity index (χ3n) is 3.88. The van der Waals surface area contributed by atoms with E-state index in [9.17, 15) is 4.79 Å². The number of methoxy groups -OCH3 is 1. The van der Waals surface area contributed by atoms with Crippen LogP contribution in [0.15, 0.2) is 43.1 Å². The molecule has 5 nitrogen and oxygen atoms in total. The van der Waals surface area contributed by atoms with E-state index in [1.165, 1.54) is 19.0 Å². The molecule has 2 rings (SSSR count). The van der Waals surface area contributed by atoms with Crippen LogP contribution in [0.25, 0.3) is 0 Å². The van der Waals surface area contributed by atoms with Gasteiger partial charge in [-0.15, -0.1) is 6.58 Å². The summed E-state index contributed by atoms with van der Waals surface area (Å²) in [5.41, 5.74) is 2.76. The number of ether oxygens (including phenoxy) is 1. The van der Waals surface area contributed by atoms with E-state index in [1.807, 2.05) is 25.1 Å². The van der Waals surface area contributed by atoms with Gasteiger partial charge in [0.25, 0.3) is 0 Å². The van der Waals surface area contributed by atoms with Crippen LogP contribution in [0.1, 0.15) is 69.8 Å². The zero-order chi connectivity index (χ0) is 23.1. The molecule has 0 amide bonds. The van der Waals surface area contributed by atoms with Crippen LogP contribution in [0.4, 0.5) is 11.4 Å². The minimum atomic E-state index is -0.0324. The van der Waals surface area contributed by atoms with Crippen LogP contribution in [-0.2, 0) is 0 Å². The fraction of sp³-hybridized carbons (Fsp3) is 0.375. The maximum absolute atomic E-state index is 12.1. The number of nitrogens with zero attached hydrogens (tertiary/aromatic N) is 1. The number of allylic oxidation sites excluding steroid dienone is 1. The summed E-state index contributed by atoms with van der Waals surface area (Å²) < 4.78 is 5.43. The quantitative estimate of drug-likeness (QED) is 0.206. The molecular weight excluding hydrogens is 398 g/mol. The molecule has 0 radical (unpaired) electrons. The molecule has 1 heterocycles. The molecule has 6 heteroatoms. The summed E-state index contributed by atoms with van der Waals surface area (Å²) in [5.74, 6) is 0.512. The largest absolute Gasteiger partial charge is 0.494 e. The van der Waals surface area contributed by atoms with Crippen molar-refractivity contribution in [3.63, 3.8) is 0 Å². The van der Waals surface area contributed by atoms with Crippen molar-refractivity contribution in [1.82, 2.24) is 4.98 Å². The zero-order valence-electron chi connectivity index (χ0n) is 18.9. The van der Waals surface area contributed by atoms with E-state index in [0.717, 1.165) is 0 Å². The summed E-state index contributed by atoms with van der Waals surface area (Å²) in [6, 6.07) is 7.06. The van der Waals surface area contributed by atoms with Crippen molar-refractivity contribution in [2.24, 2.45) is 0 Å². The zero-order valence-corrected chi connectivity index (χ0v) is 19.7. The summed E-state index contributed by atoms with van der Waals surface area (Å²) in [5, 5.41) is 11.3. The summed E-state index contributed by atoms with van der Waals surface area (Å²) in [6.07, 6.45) is 6.23. The van der Waals surface area contributed by atoms with Gasteiger partial charge in [0.05, 0.1) is 24.0 Å². The molecule has 0 saturated heterocycles. The Morgan fingerprint density at radius 1 is 1.23 bits per heavy atom. The molecule has 0 bridgehead atoms. The molecule has 30 heavy (non-hydrogen) atoms.